The number of nitrogens with two attached hydrogens (primary N) is 1. The number of carbonyl (C=O) groups excluding carboxylic acids is 1. The molecule has 3 N–H and O–H groups in total. The van der Waals surface area contributed by atoms with Crippen LogP contribution in [0.2, 0.25) is 0 Å². The summed E-state index contributed by atoms with van der Waals surface area (Å²) >= 11 is 3.33. The molecule has 0 atom stereocenters. The number of carbonyl (C=O) groups is 1. The van der Waals surface area contributed by atoms with E-state index in [1.807, 2.05) is 13.0 Å². The van der Waals surface area contributed by atoms with Crippen LogP contribution in [0.3, 0.4) is 0 Å². The smallest absolute Gasteiger partial charge is 0.282 e. The van der Waals surface area contributed by atoms with E-state index in [-0.39, 0.29) is 11.3 Å². The van der Waals surface area contributed by atoms with E-state index in [0.717, 1.165) is 10.0 Å². The Morgan fingerprint density at radius 2 is 2.00 bits per heavy atom. The van der Waals surface area contributed by atoms with E-state index >= 15 is 0 Å². The number of aryl methyl sites for hydroxylation is 1. The van der Waals surface area contributed by atoms with E-state index < -0.39 is 10.8 Å². The Hall–Kier alpha value is -2.41. The first-order valence-corrected chi connectivity index (χ1v) is 6.79. The average Bonchev–Trinajstić information content (AvgIpc) is 2.41. The number of hydrogen-bond acceptors (Lipinski definition) is 4. The molecule has 7 heteroatoms. The van der Waals surface area contributed by atoms with Crippen LogP contribution in [-0.2, 0) is 0 Å². The molecule has 0 aromatic heterocycles. The van der Waals surface area contributed by atoms with Gasteiger partial charge in [-0.3, -0.25) is 14.9 Å². The maximum Gasteiger partial charge on any atom is 0.282 e. The van der Waals surface area contributed by atoms with Crippen LogP contribution in [-0.4, -0.2) is 10.8 Å². The summed E-state index contributed by atoms with van der Waals surface area (Å²) < 4.78 is 0.882. The molecule has 0 saturated heterocycles. The van der Waals surface area contributed by atoms with Crippen molar-refractivity contribution in [2.24, 2.45) is 0 Å². The summed E-state index contributed by atoms with van der Waals surface area (Å²) in [6.07, 6.45) is 0. The Balaban J connectivity index is 2.36. The Kier molecular flexibility index (Phi) is 4.23. The molecule has 0 aliphatic carbocycles. The molecule has 6 nitrogen and oxygen atoms in total. The van der Waals surface area contributed by atoms with Gasteiger partial charge in [-0.05, 0) is 42.8 Å². The minimum absolute atomic E-state index is 0.0673. The van der Waals surface area contributed by atoms with Crippen LogP contribution in [0.4, 0.5) is 17.1 Å². The number of rotatable bonds is 3. The number of nitrogens with zero attached hydrogens (tertiary/aromatic N) is 1. The molecule has 2 rings (SSSR count). The summed E-state index contributed by atoms with van der Waals surface area (Å²) in [4.78, 5) is 22.6. The summed E-state index contributed by atoms with van der Waals surface area (Å²) in [6.45, 7) is 1.83. The molecule has 0 fully saturated rings. The number of hydrogen-bond donors (Lipinski definition) is 2. The minimum atomic E-state index is -0.608. The van der Waals surface area contributed by atoms with Gasteiger partial charge in [-0.15, -0.1) is 0 Å². The van der Waals surface area contributed by atoms with Gasteiger partial charge in [0.15, 0.2) is 0 Å². The first-order valence-electron chi connectivity index (χ1n) is 6.00. The van der Waals surface area contributed by atoms with Crippen molar-refractivity contribution in [1.82, 2.24) is 0 Å². The molecular formula is C14H12BrN3O3. The second-order valence-electron chi connectivity index (χ2n) is 4.45. The lowest BCUT2D eigenvalue weighted by Crippen LogP contribution is -2.15. The maximum absolute atomic E-state index is 12.2. The van der Waals surface area contributed by atoms with Crippen molar-refractivity contribution < 1.29 is 9.72 Å². The van der Waals surface area contributed by atoms with Crippen LogP contribution in [0.25, 0.3) is 0 Å². The molecular weight excluding hydrogens is 338 g/mol. The predicted octanol–water partition coefficient (Wildman–Crippen LogP) is 3.50. The molecule has 0 bridgehead atoms. The topological polar surface area (TPSA) is 98.3 Å². The van der Waals surface area contributed by atoms with Crippen molar-refractivity contribution in [2.45, 2.75) is 6.92 Å². The number of anilines is 2. The highest BCUT2D eigenvalue weighted by Crippen LogP contribution is 2.24. The highest BCUT2D eigenvalue weighted by Gasteiger charge is 2.20. The van der Waals surface area contributed by atoms with Crippen molar-refractivity contribution in [3.8, 4) is 0 Å². The van der Waals surface area contributed by atoms with Gasteiger partial charge >= 0.3 is 0 Å². The molecule has 0 spiro atoms. The first-order chi connectivity index (χ1) is 9.88. The van der Waals surface area contributed by atoms with Gasteiger partial charge < -0.3 is 11.1 Å². The molecule has 2 aromatic rings. The third-order valence-electron chi connectivity index (χ3n) is 2.90. The second-order valence-corrected chi connectivity index (χ2v) is 5.36. The van der Waals surface area contributed by atoms with Crippen LogP contribution < -0.4 is 11.1 Å². The zero-order chi connectivity index (χ0) is 15.6. The van der Waals surface area contributed by atoms with E-state index in [1.54, 1.807) is 12.1 Å². The third-order valence-corrected chi connectivity index (χ3v) is 3.39. The molecule has 1 amide bonds. The van der Waals surface area contributed by atoms with E-state index in [2.05, 4.69) is 21.2 Å². The number of benzene rings is 2. The Bertz CT molecular complexity index is 731. The molecule has 0 radical (unpaired) electrons. The van der Waals surface area contributed by atoms with Gasteiger partial charge in [0.25, 0.3) is 11.6 Å². The molecule has 108 valence electrons. The fourth-order valence-corrected chi connectivity index (χ4v) is 2.33. The molecule has 2 aromatic carbocycles. The SMILES string of the molecule is Cc1cc(Br)ccc1NC(=O)c1cc(N)ccc1[N+](=O)[O-]. The summed E-state index contributed by atoms with van der Waals surface area (Å²) in [5.41, 5.74) is 6.96. The van der Waals surface area contributed by atoms with Gasteiger partial charge in [0.05, 0.1) is 4.92 Å². The molecule has 0 aliphatic rings. The van der Waals surface area contributed by atoms with Crippen molar-refractivity contribution in [1.29, 1.82) is 0 Å². The van der Waals surface area contributed by atoms with Crippen LogP contribution in [0, 0.1) is 17.0 Å². The van der Waals surface area contributed by atoms with E-state index in [0.29, 0.717) is 11.4 Å². The Morgan fingerprint density at radius 3 is 2.62 bits per heavy atom. The number of nitrogen functional groups attached to an aromatic ring is 1. The minimum Gasteiger partial charge on any atom is -0.399 e. The average molecular weight is 350 g/mol. The van der Waals surface area contributed by atoms with Crippen LogP contribution in [0.15, 0.2) is 40.9 Å². The largest absolute Gasteiger partial charge is 0.399 e. The number of nitro groups is 1. The zero-order valence-corrected chi connectivity index (χ0v) is 12.7. The standard InChI is InChI=1S/C14H12BrN3O3/c1-8-6-9(15)2-4-12(8)17-14(19)11-7-10(16)3-5-13(11)18(20)21/h2-7H,16H2,1H3,(H,17,19). The van der Waals surface area contributed by atoms with E-state index in [4.69, 9.17) is 5.73 Å². The van der Waals surface area contributed by atoms with Crippen molar-refractivity contribution >= 4 is 38.9 Å². The summed E-state index contributed by atoms with van der Waals surface area (Å²) in [5.74, 6) is -0.570. The first kappa shape index (κ1) is 15.0. The normalized spacial score (nSPS) is 10.2. The lowest BCUT2D eigenvalue weighted by molar-refractivity contribution is -0.385. The lowest BCUT2D eigenvalue weighted by Gasteiger charge is -2.09. The Morgan fingerprint density at radius 1 is 1.29 bits per heavy atom. The zero-order valence-electron chi connectivity index (χ0n) is 11.1. The van der Waals surface area contributed by atoms with Crippen molar-refractivity contribution in [3.05, 3.63) is 62.1 Å². The monoisotopic (exact) mass is 349 g/mol. The van der Waals surface area contributed by atoms with E-state index in [1.165, 1.54) is 18.2 Å². The fraction of sp³-hybridized carbons (Fsp3) is 0.0714. The highest BCUT2D eigenvalue weighted by atomic mass is 79.9. The van der Waals surface area contributed by atoms with Gasteiger partial charge in [0.1, 0.15) is 5.56 Å². The van der Waals surface area contributed by atoms with E-state index in [9.17, 15) is 14.9 Å². The number of amides is 1. The quantitative estimate of drug-likeness (QED) is 0.503. The maximum atomic E-state index is 12.2. The second kappa shape index (κ2) is 5.92. The van der Waals surface area contributed by atoms with Crippen molar-refractivity contribution in [2.75, 3.05) is 11.1 Å². The molecule has 21 heavy (non-hydrogen) atoms. The molecule has 0 heterocycles. The summed E-state index contributed by atoms with van der Waals surface area (Å²) in [5, 5.41) is 13.6. The van der Waals surface area contributed by atoms with Crippen LogP contribution >= 0.6 is 15.9 Å². The van der Waals surface area contributed by atoms with Crippen LogP contribution in [0.5, 0.6) is 0 Å². The Labute approximate surface area is 129 Å². The van der Waals surface area contributed by atoms with Gasteiger partial charge in [-0.25, -0.2) is 0 Å². The number of halogens is 1. The number of nitrogens with one attached hydrogen (secondary N) is 1. The summed E-state index contributed by atoms with van der Waals surface area (Å²) in [6, 6.07) is 9.23. The summed E-state index contributed by atoms with van der Waals surface area (Å²) in [7, 11) is 0. The number of nitro benzene ring substituents is 1. The van der Waals surface area contributed by atoms with Gasteiger partial charge in [-0.1, -0.05) is 15.9 Å². The lowest BCUT2D eigenvalue weighted by atomic mass is 10.1. The predicted molar refractivity (Wildman–Crippen MR) is 84.3 cm³/mol. The van der Waals surface area contributed by atoms with Gasteiger partial charge in [0.2, 0.25) is 0 Å². The molecule has 0 aliphatic heterocycles. The highest BCUT2D eigenvalue weighted by molar-refractivity contribution is 9.10. The van der Waals surface area contributed by atoms with Crippen LogP contribution in [0.1, 0.15) is 15.9 Å². The molecule has 0 saturated carbocycles. The fourth-order valence-electron chi connectivity index (χ4n) is 1.85. The van der Waals surface area contributed by atoms with Gasteiger partial charge in [-0.2, -0.15) is 0 Å². The molecule has 0 unspecified atom stereocenters. The van der Waals surface area contributed by atoms with Gasteiger partial charge in [0, 0.05) is 21.9 Å². The third kappa shape index (κ3) is 3.38. The van der Waals surface area contributed by atoms with Crippen molar-refractivity contribution in [3.63, 3.8) is 0 Å².